The highest BCUT2D eigenvalue weighted by atomic mass is 35.5. The number of rotatable bonds is 8. The van der Waals surface area contributed by atoms with Crippen LogP contribution in [0.2, 0.25) is 5.02 Å². The Morgan fingerprint density at radius 1 is 0.880 bits per heavy atom. The first-order chi connectivity index (χ1) is 12.2. The molecule has 0 N–H and O–H groups in total. The molecular weight excluding hydrogens is 395 g/mol. The first-order valence-electron chi connectivity index (χ1n) is 8.41. The lowest BCUT2D eigenvalue weighted by atomic mass is 10.2. The van der Waals surface area contributed by atoms with Crippen LogP contribution in [0.5, 0.6) is 0 Å². The first kappa shape index (κ1) is 19.2. The van der Waals surface area contributed by atoms with E-state index in [1.165, 1.54) is 21.2 Å². The molecule has 0 aliphatic carbocycles. The van der Waals surface area contributed by atoms with E-state index in [0.717, 1.165) is 37.6 Å². The summed E-state index contributed by atoms with van der Waals surface area (Å²) in [5, 5.41) is 0.773. The van der Waals surface area contributed by atoms with Crippen molar-refractivity contribution >= 4 is 57.9 Å². The molecule has 1 aliphatic rings. The van der Waals surface area contributed by atoms with Gasteiger partial charge in [-0.3, -0.25) is 0 Å². The molecule has 0 aromatic heterocycles. The molecule has 134 valence electrons. The minimum Gasteiger partial charge on any atom is -0.340 e. The molecule has 0 spiro atoms. The molecule has 0 fully saturated rings. The van der Waals surface area contributed by atoms with Gasteiger partial charge in [-0.15, -0.1) is 23.2 Å². The van der Waals surface area contributed by atoms with Crippen molar-refractivity contribution in [2.45, 2.75) is 16.2 Å². The monoisotopic (exact) mass is 414 g/mol. The second-order valence-electron chi connectivity index (χ2n) is 5.91. The van der Waals surface area contributed by atoms with Crippen LogP contribution in [0.4, 0.5) is 11.4 Å². The van der Waals surface area contributed by atoms with E-state index in [0.29, 0.717) is 11.8 Å². The maximum Gasteiger partial charge on any atom is 0.0567 e. The van der Waals surface area contributed by atoms with Crippen molar-refractivity contribution in [2.24, 2.45) is 0 Å². The molecule has 0 amide bonds. The predicted octanol–water partition coefficient (Wildman–Crippen LogP) is 6.11. The maximum absolute atomic E-state index is 6.26. The van der Waals surface area contributed by atoms with Crippen LogP contribution in [0, 0.1) is 0 Å². The van der Waals surface area contributed by atoms with Crippen LogP contribution in [-0.4, -0.2) is 42.8 Å². The molecule has 1 heterocycles. The normalized spacial score (nSPS) is 13.0. The van der Waals surface area contributed by atoms with Crippen molar-refractivity contribution in [3.05, 3.63) is 47.5 Å². The van der Waals surface area contributed by atoms with Gasteiger partial charge in [0.2, 0.25) is 0 Å². The summed E-state index contributed by atoms with van der Waals surface area (Å²) in [6, 6.07) is 14.7. The van der Waals surface area contributed by atoms with Crippen LogP contribution in [0.1, 0.15) is 6.42 Å². The van der Waals surface area contributed by atoms with E-state index < -0.39 is 0 Å². The van der Waals surface area contributed by atoms with E-state index in [-0.39, 0.29) is 0 Å². The van der Waals surface area contributed by atoms with Gasteiger partial charge in [-0.2, -0.15) is 0 Å². The van der Waals surface area contributed by atoms with Gasteiger partial charge in [0.1, 0.15) is 0 Å². The minimum absolute atomic E-state index is 0.637. The van der Waals surface area contributed by atoms with Crippen molar-refractivity contribution in [1.29, 1.82) is 0 Å². The average Bonchev–Trinajstić information content (AvgIpc) is 2.62. The van der Waals surface area contributed by atoms with Crippen molar-refractivity contribution in [3.8, 4) is 0 Å². The molecule has 0 saturated carbocycles. The number of benzene rings is 2. The molecule has 2 aromatic rings. The van der Waals surface area contributed by atoms with Gasteiger partial charge >= 0.3 is 0 Å². The molecule has 2 nitrogen and oxygen atoms in total. The minimum atomic E-state index is 0.637. The Kier molecular flexibility index (Phi) is 7.20. The van der Waals surface area contributed by atoms with Gasteiger partial charge in [0.25, 0.3) is 0 Å². The summed E-state index contributed by atoms with van der Waals surface area (Å²) < 4.78 is 0. The van der Waals surface area contributed by atoms with E-state index in [1.54, 1.807) is 11.8 Å². The summed E-state index contributed by atoms with van der Waals surface area (Å²) in [5.74, 6) is 1.27. The quantitative estimate of drug-likeness (QED) is 0.480. The summed E-state index contributed by atoms with van der Waals surface area (Å²) in [6.07, 6.45) is 1.04. The molecule has 0 atom stereocenters. The van der Waals surface area contributed by atoms with Crippen LogP contribution in [-0.2, 0) is 0 Å². The smallest absolute Gasteiger partial charge is 0.0567 e. The third-order valence-corrected chi connectivity index (χ3v) is 5.95. The fourth-order valence-electron chi connectivity index (χ4n) is 3.07. The molecule has 1 aliphatic heterocycles. The Bertz CT molecular complexity index is 705. The first-order valence-corrected chi connectivity index (χ1v) is 10.7. The lowest BCUT2D eigenvalue weighted by molar-refractivity contribution is 0.305. The Morgan fingerprint density at radius 2 is 1.60 bits per heavy atom. The fourth-order valence-corrected chi connectivity index (χ4v) is 4.79. The molecule has 25 heavy (non-hydrogen) atoms. The van der Waals surface area contributed by atoms with Crippen molar-refractivity contribution in [3.63, 3.8) is 0 Å². The van der Waals surface area contributed by atoms with E-state index in [2.05, 4.69) is 46.2 Å². The number of anilines is 2. The summed E-state index contributed by atoms with van der Waals surface area (Å²) in [7, 11) is 0. The molecule has 2 aromatic carbocycles. The van der Waals surface area contributed by atoms with Crippen molar-refractivity contribution in [2.75, 3.05) is 42.8 Å². The number of alkyl halides is 2. The van der Waals surface area contributed by atoms with Crippen molar-refractivity contribution < 1.29 is 0 Å². The molecular formula is C19H21Cl3N2S. The lowest BCUT2D eigenvalue weighted by Gasteiger charge is -2.33. The Labute approximate surface area is 169 Å². The maximum atomic E-state index is 6.26. The average molecular weight is 416 g/mol. The SMILES string of the molecule is ClCCN(CCCl)CCCN1c2ccccc2Sc2ccc(Cl)cc21. The predicted molar refractivity (Wildman–Crippen MR) is 112 cm³/mol. The molecule has 6 heteroatoms. The van der Waals surface area contributed by atoms with Crippen LogP contribution in [0.25, 0.3) is 0 Å². The molecule has 0 saturated heterocycles. The highest BCUT2D eigenvalue weighted by molar-refractivity contribution is 7.99. The summed E-state index contributed by atoms with van der Waals surface area (Å²) in [6.45, 7) is 3.68. The second kappa shape index (κ2) is 9.38. The number of fused-ring (bicyclic) bond motifs is 2. The van der Waals surface area contributed by atoms with Gasteiger partial charge in [-0.05, 0) is 43.3 Å². The zero-order valence-corrected chi connectivity index (χ0v) is 17.0. The number of nitrogens with zero attached hydrogens (tertiary/aromatic N) is 2. The van der Waals surface area contributed by atoms with Gasteiger partial charge in [0.15, 0.2) is 0 Å². The van der Waals surface area contributed by atoms with Crippen LogP contribution in [0.15, 0.2) is 52.3 Å². The molecule has 0 bridgehead atoms. The molecule has 3 rings (SSSR count). The van der Waals surface area contributed by atoms with E-state index in [4.69, 9.17) is 34.8 Å². The Morgan fingerprint density at radius 3 is 2.36 bits per heavy atom. The summed E-state index contributed by atoms with van der Waals surface area (Å²) in [5.41, 5.74) is 2.45. The zero-order valence-electron chi connectivity index (χ0n) is 13.9. The largest absolute Gasteiger partial charge is 0.340 e. The highest BCUT2D eigenvalue weighted by Gasteiger charge is 2.23. The summed E-state index contributed by atoms with van der Waals surface area (Å²) >= 11 is 19.9. The summed E-state index contributed by atoms with van der Waals surface area (Å²) in [4.78, 5) is 7.24. The van der Waals surface area contributed by atoms with Crippen molar-refractivity contribution in [1.82, 2.24) is 4.90 Å². The third-order valence-electron chi connectivity index (χ3n) is 4.25. The van der Waals surface area contributed by atoms with Crippen LogP contribution >= 0.6 is 46.6 Å². The molecule has 0 unspecified atom stereocenters. The number of hydrogen-bond acceptors (Lipinski definition) is 3. The zero-order chi connectivity index (χ0) is 17.6. The Hall–Kier alpha value is -0.580. The highest BCUT2D eigenvalue weighted by Crippen LogP contribution is 2.48. The van der Waals surface area contributed by atoms with Crippen LogP contribution < -0.4 is 4.90 Å². The number of halogens is 3. The topological polar surface area (TPSA) is 6.48 Å². The Balaban J connectivity index is 1.77. The lowest BCUT2D eigenvalue weighted by Crippen LogP contribution is -2.31. The van der Waals surface area contributed by atoms with Gasteiger partial charge in [0.05, 0.1) is 11.4 Å². The second-order valence-corrected chi connectivity index (χ2v) is 8.18. The fraction of sp³-hybridized carbons (Fsp3) is 0.368. The number of para-hydroxylation sites is 1. The van der Waals surface area contributed by atoms with Gasteiger partial charge in [-0.1, -0.05) is 35.5 Å². The number of hydrogen-bond donors (Lipinski definition) is 0. The van der Waals surface area contributed by atoms with Crippen LogP contribution in [0.3, 0.4) is 0 Å². The van der Waals surface area contributed by atoms with E-state index in [1.807, 2.05) is 6.07 Å². The van der Waals surface area contributed by atoms with Gasteiger partial charge in [0, 0.05) is 46.2 Å². The third kappa shape index (κ3) is 4.78. The van der Waals surface area contributed by atoms with E-state index in [9.17, 15) is 0 Å². The standard InChI is InChI=1S/C19H21Cl3N2S/c20-8-12-23(13-9-21)10-3-11-24-16-4-1-2-5-18(16)25-19-7-6-15(22)14-17(19)24/h1-2,4-7,14H,3,8-13H2. The molecule has 0 radical (unpaired) electrons. The van der Waals surface area contributed by atoms with Gasteiger partial charge < -0.3 is 9.80 Å². The van der Waals surface area contributed by atoms with Gasteiger partial charge in [-0.25, -0.2) is 0 Å². The van der Waals surface area contributed by atoms with E-state index >= 15 is 0 Å².